The average Bonchev–Trinajstić information content (AvgIpc) is 3.93. The zero-order valence-electron chi connectivity index (χ0n) is 31.8. The molecule has 0 radical (unpaired) electrons. The second kappa shape index (κ2) is 14.1. The van der Waals surface area contributed by atoms with Crippen molar-refractivity contribution in [2.45, 2.75) is 37.8 Å². The summed E-state index contributed by atoms with van der Waals surface area (Å²) in [5.74, 6) is 1.38. The number of imide groups is 1. The van der Waals surface area contributed by atoms with Gasteiger partial charge in [0.05, 0.1) is 29.0 Å². The van der Waals surface area contributed by atoms with E-state index in [2.05, 4.69) is 42.0 Å². The monoisotopic (exact) mass is 769 g/mol. The highest BCUT2D eigenvalue weighted by atomic mass is 19.1. The maximum atomic E-state index is 14.1. The van der Waals surface area contributed by atoms with Crippen LogP contribution in [0.25, 0.3) is 28.1 Å². The third-order valence-electron chi connectivity index (χ3n) is 12.3. The number of rotatable bonds is 8. The molecule has 0 spiro atoms. The largest absolute Gasteiger partial charge is 0.371 e. The molecule has 4 saturated heterocycles. The molecule has 4 aromatic heterocycles. The minimum atomic E-state index is -0.689. The number of aryl methyl sites for hydroxylation is 1. The predicted octanol–water partition coefficient (Wildman–Crippen LogP) is 4.16. The van der Waals surface area contributed by atoms with Crippen LogP contribution in [-0.2, 0) is 16.6 Å². The van der Waals surface area contributed by atoms with Gasteiger partial charge in [0, 0.05) is 77.4 Å². The first-order chi connectivity index (χ1) is 27.8. The predicted molar refractivity (Wildman–Crippen MR) is 215 cm³/mol. The van der Waals surface area contributed by atoms with Gasteiger partial charge in [-0.2, -0.15) is 0 Å². The Morgan fingerprint density at radius 1 is 0.825 bits per heavy atom. The normalized spacial score (nSPS) is 20.8. The number of fused-ring (bicyclic) bond motifs is 2. The molecule has 14 nitrogen and oxygen atoms in total. The topological polar surface area (TPSA) is 129 Å². The molecule has 4 fully saturated rings. The minimum Gasteiger partial charge on any atom is -0.371 e. The van der Waals surface area contributed by atoms with E-state index >= 15 is 0 Å². The molecular weight excluding hydrogens is 726 g/mol. The van der Waals surface area contributed by atoms with Crippen molar-refractivity contribution >= 4 is 45.8 Å². The number of hydrogen-bond acceptors (Lipinski definition) is 10. The number of piperazine rings is 1. The van der Waals surface area contributed by atoms with Crippen LogP contribution in [-0.4, -0.2) is 97.8 Å². The molecule has 10 rings (SSSR count). The van der Waals surface area contributed by atoms with Crippen LogP contribution >= 0.6 is 0 Å². The summed E-state index contributed by atoms with van der Waals surface area (Å²) in [5.41, 5.74) is 5.65. The van der Waals surface area contributed by atoms with Crippen LogP contribution in [0.1, 0.15) is 43.3 Å². The molecule has 0 saturated carbocycles. The standard InChI is InChI=1S/C42H44FN11O3/c1-48-35-22-30(10-11-33(35)53(42(48)57)34-12-15-40(55)46-41(34)56)51-25-27(26-51)24-49-17-19-50(20-18-49)38-9-3-7-31(45-38)36-23-44-37-13-14-39(47-54(36)37)52-16-4-8-32(52)28-5-2-6-29(43)21-28/h2-3,5-7,9-11,13-14,21-23,27,32,34H,4,8,12,15-20,24-26H2,1H3,(H,46,55,56). The molecule has 8 heterocycles. The highest BCUT2D eigenvalue weighted by molar-refractivity contribution is 6.00. The number of amides is 2. The molecule has 4 aliphatic rings. The molecule has 2 atom stereocenters. The van der Waals surface area contributed by atoms with Gasteiger partial charge in [-0.05, 0) is 79.4 Å². The van der Waals surface area contributed by atoms with E-state index in [4.69, 9.17) is 10.1 Å². The van der Waals surface area contributed by atoms with Crippen LogP contribution in [0.4, 0.5) is 21.7 Å². The second-order valence-corrected chi connectivity index (χ2v) is 15.8. The van der Waals surface area contributed by atoms with E-state index in [0.29, 0.717) is 17.9 Å². The Bertz CT molecular complexity index is 2590. The molecule has 6 aromatic rings. The fourth-order valence-corrected chi connectivity index (χ4v) is 9.23. The zero-order valence-corrected chi connectivity index (χ0v) is 31.8. The van der Waals surface area contributed by atoms with E-state index in [-0.39, 0.29) is 29.9 Å². The number of aromatic nitrogens is 6. The maximum Gasteiger partial charge on any atom is 0.329 e. The van der Waals surface area contributed by atoms with Crippen molar-refractivity contribution in [3.05, 3.63) is 101 Å². The van der Waals surface area contributed by atoms with Crippen LogP contribution in [0.5, 0.6) is 0 Å². The Hall–Kier alpha value is -6.09. The first kappa shape index (κ1) is 35.3. The number of nitrogens with one attached hydrogen (secondary N) is 1. The number of pyridine rings is 1. The Morgan fingerprint density at radius 2 is 1.67 bits per heavy atom. The van der Waals surface area contributed by atoms with Gasteiger partial charge in [-0.3, -0.25) is 28.9 Å². The molecule has 292 valence electrons. The number of carbonyl (C=O) groups is 2. The van der Waals surface area contributed by atoms with Crippen molar-refractivity contribution in [1.29, 1.82) is 0 Å². The van der Waals surface area contributed by atoms with E-state index in [9.17, 15) is 18.8 Å². The Labute approximate surface area is 328 Å². The van der Waals surface area contributed by atoms with Crippen LogP contribution in [0.15, 0.2) is 83.8 Å². The van der Waals surface area contributed by atoms with Crippen LogP contribution in [0.3, 0.4) is 0 Å². The van der Waals surface area contributed by atoms with E-state index in [1.54, 1.807) is 23.7 Å². The van der Waals surface area contributed by atoms with Gasteiger partial charge >= 0.3 is 5.69 Å². The number of hydrogen-bond donors (Lipinski definition) is 1. The van der Waals surface area contributed by atoms with Gasteiger partial charge in [0.2, 0.25) is 11.8 Å². The van der Waals surface area contributed by atoms with Crippen molar-refractivity contribution in [2.24, 2.45) is 13.0 Å². The molecule has 2 unspecified atom stereocenters. The number of piperidine rings is 1. The molecule has 0 bridgehead atoms. The van der Waals surface area contributed by atoms with Gasteiger partial charge in [-0.15, -0.1) is 5.10 Å². The van der Waals surface area contributed by atoms with Crippen LogP contribution in [0.2, 0.25) is 0 Å². The average molecular weight is 770 g/mol. The number of carbonyl (C=O) groups excluding carboxylic acids is 2. The highest BCUT2D eigenvalue weighted by Crippen LogP contribution is 2.36. The van der Waals surface area contributed by atoms with Gasteiger partial charge in [0.1, 0.15) is 29.2 Å². The summed E-state index contributed by atoms with van der Waals surface area (Å²) in [4.78, 5) is 56.7. The van der Waals surface area contributed by atoms with Crippen molar-refractivity contribution in [3.63, 3.8) is 0 Å². The zero-order chi connectivity index (χ0) is 38.8. The third kappa shape index (κ3) is 6.39. The summed E-state index contributed by atoms with van der Waals surface area (Å²) in [6, 6.07) is 22.4. The maximum absolute atomic E-state index is 14.1. The smallest absolute Gasteiger partial charge is 0.329 e. The summed E-state index contributed by atoms with van der Waals surface area (Å²) in [5, 5.41) is 7.41. The molecule has 0 aliphatic carbocycles. The Morgan fingerprint density at radius 3 is 2.49 bits per heavy atom. The third-order valence-corrected chi connectivity index (χ3v) is 12.3. The first-order valence-corrected chi connectivity index (χ1v) is 19.9. The summed E-state index contributed by atoms with van der Waals surface area (Å²) in [7, 11) is 1.73. The van der Waals surface area contributed by atoms with Crippen LogP contribution < -0.4 is 25.7 Å². The molecule has 2 amide bonds. The van der Waals surface area contributed by atoms with E-state index < -0.39 is 11.9 Å². The molecule has 57 heavy (non-hydrogen) atoms. The lowest BCUT2D eigenvalue weighted by Gasteiger charge is -2.45. The van der Waals surface area contributed by atoms with Crippen LogP contribution in [0, 0.1) is 11.7 Å². The minimum absolute atomic E-state index is 0.0719. The summed E-state index contributed by atoms with van der Waals surface area (Å²) in [6.45, 7) is 7.43. The summed E-state index contributed by atoms with van der Waals surface area (Å²) in [6.07, 6.45) is 4.34. The van der Waals surface area contributed by atoms with E-state index in [1.165, 1.54) is 10.6 Å². The number of benzene rings is 2. The van der Waals surface area contributed by atoms with Gasteiger partial charge < -0.3 is 14.7 Å². The highest BCUT2D eigenvalue weighted by Gasteiger charge is 2.34. The number of halogens is 1. The number of imidazole rings is 2. The van der Waals surface area contributed by atoms with E-state index in [1.807, 2.05) is 53.2 Å². The number of nitrogens with zero attached hydrogens (tertiary/aromatic N) is 10. The van der Waals surface area contributed by atoms with Crippen molar-refractivity contribution in [1.82, 2.24) is 38.9 Å². The SMILES string of the molecule is Cn1c(=O)n(C2CCC(=O)NC2=O)c2ccc(N3CC(CN4CCN(c5cccc(-c6cnc7ccc(N8CCCC8c8cccc(F)c8)nn67)n5)CC4)C3)cc21. The first-order valence-electron chi connectivity index (χ1n) is 19.9. The number of anilines is 3. The van der Waals surface area contributed by atoms with Gasteiger partial charge in [0.25, 0.3) is 0 Å². The van der Waals surface area contributed by atoms with Crippen molar-refractivity contribution < 1.29 is 14.0 Å². The molecule has 4 aliphatic heterocycles. The molecular formula is C42H44FN11O3. The van der Waals surface area contributed by atoms with Gasteiger partial charge in [-0.25, -0.2) is 23.7 Å². The second-order valence-electron chi connectivity index (χ2n) is 15.8. The summed E-state index contributed by atoms with van der Waals surface area (Å²) < 4.78 is 19.1. The van der Waals surface area contributed by atoms with Crippen molar-refractivity contribution in [2.75, 3.05) is 67.1 Å². The molecule has 2 aromatic carbocycles. The Balaban J connectivity index is 0.769. The lowest BCUT2D eigenvalue weighted by Crippen LogP contribution is -2.55. The molecule has 15 heteroatoms. The lowest BCUT2D eigenvalue weighted by molar-refractivity contribution is -0.135. The Kier molecular flexibility index (Phi) is 8.76. The lowest BCUT2D eigenvalue weighted by atomic mass is 9.98. The molecule has 1 N–H and O–H groups in total. The summed E-state index contributed by atoms with van der Waals surface area (Å²) >= 11 is 0. The van der Waals surface area contributed by atoms with Gasteiger partial charge in [0.15, 0.2) is 5.65 Å². The fraction of sp³-hybridized carbons (Fsp3) is 0.381. The van der Waals surface area contributed by atoms with E-state index in [0.717, 1.165) is 111 Å². The van der Waals surface area contributed by atoms with Gasteiger partial charge in [-0.1, -0.05) is 18.2 Å². The fourth-order valence-electron chi connectivity index (χ4n) is 9.23. The quantitative estimate of drug-likeness (QED) is 0.226. The van der Waals surface area contributed by atoms with Crippen molar-refractivity contribution in [3.8, 4) is 11.4 Å².